The number of hydrogen-bond donors (Lipinski definition) is 3. The average molecular weight is 260 g/mol. The van der Waals surface area contributed by atoms with E-state index in [-0.39, 0.29) is 11.6 Å². The Morgan fingerprint density at radius 3 is 3.05 bits per heavy atom. The lowest BCUT2D eigenvalue weighted by Gasteiger charge is -2.00. The molecule has 100 valence electrons. The highest BCUT2D eigenvalue weighted by Crippen LogP contribution is 2.42. The fourth-order valence-corrected chi connectivity index (χ4v) is 2.01. The summed E-state index contributed by atoms with van der Waals surface area (Å²) in [6, 6.07) is 0. The number of nitrogens with zero attached hydrogens (tertiary/aromatic N) is 3. The highest BCUT2D eigenvalue weighted by molar-refractivity contribution is 6.06. The zero-order valence-corrected chi connectivity index (χ0v) is 10.7. The number of aromatic nitrogens is 4. The van der Waals surface area contributed by atoms with Crippen LogP contribution in [-0.2, 0) is 6.54 Å². The molecule has 0 radical (unpaired) electrons. The summed E-state index contributed by atoms with van der Waals surface area (Å²) < 4.78 is 1.74. The first-order chi connectivity index (χ1) is 9.19. The molecule has 7 nitrogen and oxygen atoms in total. The van der Waals surface area contributed by atoms with Gasteiger partial charge < -0.3 is 11.1 Å². The van der Waals surface area contributed by atoms with E-state index in [4.69, 9.17) is 5.73 Å². The smallest absolute Gasteiger partial charge is 0.278 e. The SMILES string of the molecule is CCn1cc(NC(=O)c2n[nH]c(C3CC3)c2N)cn1. The number of nitrogen functional groups attached to an aromatic ring is 1. The quantitative estimate of drug-likeness (QED) is 0.772. The van der Waals surface area contributed by atoms with E-state index in [0.29, 0.717) is 17.3 Å². The van der Waals surface area contributed by atoms with Crippen LogP contribution in [0.4, 0.5) is 11.4 Å². The molecule has 0 aliphatic heterocycles. The minimum atomic E-state index is -0.309. The highest BCUT2D eigenvalue weighted by atomic mass is 16.2. The van der Waals surface area contributed by atoms with E-state index in [9.17, 15) is 4.79 Å². The van der Waals surface area contributed by atoms with Crippen molar-refractivity contribution in [2.75, 3.05) is 11.1 Å². The summed E-state index contributed by atoms with van der Waals surface area (Å²) in [5.41, 5.74) is 8.20. The zero-order valence-electron chi connectivity index (χ0n) is 10.7. The van der Waals surface area contributed by atoms with Crippen LogP contribution in [0.1, 0.15) is 41.9 Å². The topological polar surface area (TPSA) is 102 Å². The molecule has 2 aromatic heterocycles. The predicted octanol–water partition coefficient (Wildman–Crippen LogP) is 1.34. The zero-order chi connectivity index (χ0) is 13.4. The van der Waals surface area contributed by atoms with Gasteiger partial charge in [0.25, 0.3) is 5.91 Å². The Morgan fingerprint density at radius 1 is 1.63 bits per heavy atom. The van der Waals surface area contributed by atoms with Gasteiger partial charge in [-0.2, -0.15) is 10.2 Å². The maximum atomic E-state index is 12.1. The number of anilines is 2. The molecule has 4 N–H and O–H groups in total. The van der Waals surface area contributed by atoms with Crippen LogP contribution >= 0.6 is 0 Å². The van der Waals surface area contributed by atoms with Crippen LogP contribution < -0.4 is 11.1 Å². The van der Waals surface area contributed by atoms with Crippen molar-refractivity contribution >= 4 is 17.3 Å². The number of amides is 1. The van der Waals surface area contributed by atoms with Crippen LogP contribution in [0.15, 0.2) is 12.4 Å². The average Bonchev–Trinajstić information content (AvgIpc) is 3.01. The van der Waals surface area contributed by atoms with Crippen molar-refractivity contribution in [2.24, 2.45) is 0 Å². The molecule has 0 spiro atoms. The third-order valence-corrected chi connectivity index (χ3v) is 3.25. The van der Waals surface area contributed by atoms with Crippen molar-refractivity contribution in [1.29, 1.82) is 0 Å². The Morgan fingerprint density at radius 2 is 2.42 bits per heavy atom. The Hall–Kier alpha value is -2.31. The molecule has 19 heavy (non-hydrogen) atoms. The number of nitrogens with two attached hydrogens (primary N) is 1. The fourth-order valence-electron chi connectivity index (χ4n) is 2.01. The van der Waals surface area contributed by atoms with Gasteiger partial charge in [-0.05, 0) is 19.8 Å². The molecule has 0 aromatic carbocycles. The molecule has 1 amide bonds. The fraction of sp³-hybridized carbons (Fsp3) is 0.417. The first-order valence-corrected chi connectivity index (χ1v) is 6.36. The van der Waals surface area contributed by atoms with Gasteiger partial charge in [0.05, 0.1) is 23.3 Å². The lowest BCUT2D eigenvalue weighted by molar-refractivity contribution is 0.102. The predicted molar refractivity (Wildman–Crippen MR) is 70.8 cm³/mol. The number of aromatic amines is 1. The lowest BCUT2D eigenvalue weighted by atomic mass is 10.2. The Kier molecular flexibility index (Phi) is 2.73. The number of H-pyrrole nitrogens is 1. The molecule has 1 aliphatic rings. The molecule has 0 atom stereocenters. The van der Waals surface area contributed by atoms with Crippen LogP contribution in [0.5, 0.6) is 0 Å². The largest absolute Gasteiger partial charge is 0.395 e. The Bertz CT molecular complexity index is 610. The Balaban J connectivity index is 1.76. The molecular formula is C12H16N6O. The second-order valence-corrected chi connectivity index (χ2v) is 4.71. The van der Waals surface area contributed by atoms with E-state index in [1.807, 2.05) is 6.92 Å². The van der Waals surface area contributed by atoms with Gasteiger partial charge in [0.1, 0.15) is 0 Å². The Labute approximate surface area is 110 Å². The van der Waals surface area contributed by atoms with E-state index < -0.39 is 0 Å². The van der Waals surface area contributed by atoms with E-state index in [1.165, 1.54) is 0 Å². The number of carbonyl (C=O) groups excluding carboxylic acids is 1. The standard InChI is InChI=1S/C12H16N6O/c1-2-18-6-8(5-14-18)15-12(19)11-9(13)10(16-17-11)7-3-4-7/h5-7H,2-4,13H2,1H3,(H,15,19)(H,16,17). The van der Waals surface area contributed by atoms with Gasteiger partial charge in [-0.1, -0.05) is 0 Å². The molecule has 1 saturated carbocycles. The van der Waals surface area contributed by atoms with Crippen LogP contribution in [-0.4, -0.2) is 25.9 Å². The summed E-state index contributed by atoms with van der Waals surface area (Å²) in [6.07, 6.45) is 5.59. The maximum absolute atomic E-state index is 12.1. The number of hydrogen-bond acceptors (Lipinski definition) is 4. The maximum Gasteiger partial charge on any atom is 0.278 e. The highest BCUT2D eigenvalue weighted by Gasteiger charge is 2.30. The van der Waals surface area contributed by atoms with Crippen LogP contribution in [0.2, 0.25) is 0 Å². The minimum Gasteiger partial charge on any atom is -0.395 e. The second-order valence-electron chi connectivity index (χ2n) is 4.71. The van der Waals surface area contributed by atoms with Crippen molar-refractivity contribution < 1.29 is 4.79 Å². The first-order valence-electron chi connectivity index (χ1n) is 6.36. The molecule has 0 bridgehead atoms. The third kappa shape index (κ3) is 2.18. The number of carbonyl (C=O) groups is 1. The number of nitrogens with one attached hydrogen (secondary N) is 2. The van der Waals surface area contributed by atoms with Gasteiger partial charge >= 0.3 is 0 Å². The molecule has 2 aromatic rings. The van der Waals surface area contributed by atoms with Gasteiger partial charge in [0.15, 0.2) is 5.69 Å². The molecule has 7 heteroatoms. The minimum absolute atomic E-state index is 0.256. The van der Waals surface area contributed by atoms with E-state index in [1.54, 1.807) is 17.1 Å². The molecule has 3 rings (SSSR count). The number of rotatable bonds is 4. The molecule has 0 unspecified atom stereocenters. The summed E-state index contributed by atoms with van der Waals surface area (Å²) >= 11 is 0. The second kappa shape index (κ2) is 4.42. The molecule has 1 aliphatic carbocycles. The third-order valence-electron chi connectivity index (χ3n) is 3.25. The van der Waals surface area contributed by atoms with Crippen molar-refractivity contribution in [2.45, 2.75) is 32.2 Å². The normalized spacial score (nSPS) is 14.6. The van der Waals surface area contributed by atoms with Crippen molar-refractivity contribution in [1.82, 2.24) is 20.0 Å². The van der Waals surface area contributed by atoms with Crippen molar-refractivity contribution in [3.8, 4) is 0 Å². The van der Waals surface area contributed by atoms with Gasteiger partial charge in [-0.25, -0.2) is 0 Å². The summed E-state index contributed by atoms with van der Waals surface area (Å²) in [5, 5.41) is 13.7. The van der Waals surface area contributed by atoms with Gasteiger partial charge in [0.2, 0.25) is 0 Å². The van der Waals surface area contributed by atoms with E-state index in [2.05, 4.69) is 20.6 Å². The first kappa shape index (κ1) is 11.8. The summed E-state index contributed by atoms with van der Waals surface area (Å²) in [4.78, 5) is 12.1. The van der Waals surface area contributed by atoms with Crippen LogP contribution in [0.25, 0.3) is 0 Å². The van der Waals surface area contributed by atoms with Gasteiger partial charge in [-0.15, -0.1) is 0 Å². The lowest BCUT2D eigenvalue weighted by Crippen LogP contribution is -2.14. The van der Waals surface area contributed by atoms with Gasteiger partial charge in [-0.3, -0.25) is 14.6 Å². The molecule has 0 saturated heterocycles. The summed E-state index contributed by atoms with van der Waals surface area (Å²) in [6.45, 7) is 2.73. The van der Waals surface area contributed by atoms with Crippen LogP contribution in [0, 0.1) is 0 Å². The van der Waals surface area contributed by atoms with Crippen LogP contribution in [0.3, 0.4) is 0 Å². The monoisotopic (exact) mass is 260 g/mol. The summed E-state index contributed by atoms with van der Waals surface area (Å²) in [5.74, 6) is 0.133. The van der Waals surface area contributed by atoms with Crippen molar-refractivity contribution in [3.63, 3.8) is 0 Å². The molecule has 1 fully saturated rings. The van der Waals surface area contributed by atoms with E-state index >= 15 is 0 Å². The summed E-state index contributed by atoms with van der Waals surface area (Å²) in [7, 11) is 0. The van der Waals surface area contributed by atoms with Crippen molar-refractivity contribution in [3.05, 3.63) is 23.8 Å². The number of aryl methyl sites for hydroxylation is 1. The molecular weight excluding hydrogens is 244 g/mol. The van der Waals surface area contributed by atoms with Gasteiger partial charge in [0, 0.05) is 18.7 Å². The molecule has 2 heterocycles. The van der Waals surface area contributed by atoms with E-state index in [0.717, 1.165) is 25.1 Å².